The van der Waals surface area contributed by atoms with Crippen molar-refractivity contribution in [2.75, 3.05) is 32.8 Å². The molecule has 0 aliphatic heterocycles. The second-order valence-corrected chi connectivity index (χ2v) is 5.22. The van der Waals surface area contributed by atoms with Crippen LogP contribution in [0.1, 0.15) is 36.6 Å². The van der Waals surface area contributed by atoms with Crippen LogP contribution in [0.4, 0.5) is 0 Å². The number of phenols is 1. The molecule has 4 heteroatoms. The van der Waals surface area contributed by atoms with Gasteiger partial charge in [0.15, 0.2) is 0 Å². The summed E-state index contributed by atoms with van der Waals surface area (Å²) in [7, 11) is 0. The van der Waals surface area contributed by atoms with Crippen molar-refractivity contribution >= 4 is 0 Å². The van der Waals surface area contributed by atoms with Gasteiger partial charge < -0.3 is 20.4 Å². The van der Waals surface area contributed by atoms with Crippen LogP contribution >= 0.6 is 0 Å². The number of benzene rings is 1. The standard InChI is InChI=1S/C16H28N2O2/c1-5-18(6-2)8-7-17-15(11-19)14-9-12(3)16(20)13(4)10-14/h9-10,15,17,19-20H,5-8,11H2,1-4H3. The van der Waals surface area contributed by atoms with E-state index in [1.165, 1.54) is 0 Å². The molecule has 1 aromatic rings. The quantitative estimate of drug-likeness (QED) is 0.681. The molecule has 0 amide bonds. The zero-order chi connectivity index (χ0) is 15.1. The minimum Gasteiger partial charge on any atom is -0.507 e. The van der Waals surface area contributed by atoms with Crippen molar-refractivity contribution in [2.45, 2.75) is 33.7 Å². The van der Waals surface area contributed by atoms with E-state index in [1.54, 1.807) is 0 Å². The fraction of sp³-hybridized carbons (Fsp3) is 0.625. The van der Waals surface area contributed by atoms with Crippen molar-refractivity contribution in [2.24, 2.45) is 0 Å². The van der Waals surface area contributed by atoms with Gasteiger partial charge in [0.1, 0.15) is 5.75 Å². The van der Waals surface area contributed by atoms with Crippen molar-refractivity contribution in [1.82, 2.24) is 10.2 Å². The Kier molecular flexibility index (Phi) is 6.99. The van der Waals surface area contributed by atoms with Crippen molar-refractivity contribution in [1.29, 1.82) is 0 Å². The number of rotatable bonds is 8. The topological polar surface area (TPSA) is 55.7 Å². The predicted molar refractivity (Wildman–Crippen MR) is 83.2 cm³/mol. The van der Waals surface area contributed by atoms with E-state index in [-0.39, 0.29) is 12.6 Å². The molecule has 1 atom stereocenters. The summed E-state index contributed by atoms with van der Waals surface area (Å²) in [5.41, 5.74) is 2.73. The Bertz CT molecular complexity index is 394. The molecule has 0 bridgehead atoms. The Hall–Kier alpha value is -1.10. The molecule has 1 unspecified atom stereocenters. The zero-order valence-corrected chi connectivity index (χ0v) is 13.1. The smallest absolute Gasteiger partial charge is 0.121 e. The molecule has 0 fully saturated rings. The molecule has 20 heavy (non-hydrogen) atoms. The van der Waals surface area contributed by atoms with Gasteiger partial charge in [-0.2, -0.15) is 0 Å². The van der Waals surface area contributed by atoms with Gasteiger partial charge in [-0.1, -0.05) is 26.0 Å². The summed E-state index contributed by atoms with van der Waals surface area (Å²) in [6, 6.07) is 3.80. The van der Waals surface area contributed by atoms with Crippen LogP contribution < -0.4 is 5.32 Å². The summed E-state index contributed by atoms with van der Waals surface area (Å²) in [5, 5.41) is 22.8. The Labute approximate surface area is 122 Å². The lowest BCUT2D eigenvalue weighted by Crippen LogP contribution is -2.34. The fourth-order valence-electron chi connectivity index (χ4n) is 2.42. The van der Waals surface area contributed by atoms with Gasteiger partial charge in [-0.15, -0.1) is 0 Å². The van der Waals surface area contributed by atoms with Crippen molar-refractivity contribution in [3.8, 4) is 5.75 Å². The third-order valence-corrected chi connectivity index (χ3v) is 3.81. The first-order chi connectivity index (χ1) is 9.53. The van der Waals surface area contributed by atoms with Gasteiger partial charge in [-0.05, 0) is 43.6 Å². The third kappa shape index (κ3) is 4.47. The van der Waals surface area contributed by atoms with E-state index in [4.69, 9.17) is 0 Å². The Morgan fingerprint density at radius 1 is 1.15 bits per heavy atom. The first-order valence-electron chi connectivity index (χ1n) is 7.40. The highest BCUT2D eigenvalue weighted by Crippen LogP contribution is 2.26. The SMILES string of the molecule is CCN(CC)CCNC(CO)c1cc(C)c(O)c(C)c1. The lowest BCUT2D eigenvalue weighted by molar-refractivity contribution is 0.233. The molecule has 4 nitrogen and oxygen atoms in total. The maximum absolute atomic E-state index is 9.81. The van der Waals surface area contributed by atoms with Gasteiger partial charge in [0.2, 0.25) is 0 Å². The predicted octanol–water partition coefficient (Wildman–Crippen LogP) is 1.97. The number of aliphatic hydroxyl groups is 1. The molecule has 0 radical (unpaired) electrons. The molecule has 0 heterocycles. The molecular weight excluding hydrogens is 252 g/mol. The molecule has 0 aliphatic carbocycles. The first-order valence-corrected chi connectivity index (χ1v) is 7.40. The molecule has 1 aromatic carbocycles. The maximum Gasteiger partial charge on any atom is 0.121 e. The molecule has 0 aliphatic rings. The van der Waals surface area contributed by atoms with Crippen LogP contribution in [0.3, 0.4) is 0 Å². The Balaban J connectivity index is 2.67. The minimum absolute atomic E-state index is 0.0574. The minimum atomic E-state index is -0.0800. The molecule has 0 spiro atoms. The number of aromatic hydroxyl groups is 1. The van der Waals surface area contributed by atoms with Crippen LogP contribution in [0.15, 0.2) is 12.1 Å². The Morgan fingerprint density at radius 3 is 2.15 bits per heavy atom. The molecule has 0 saturated heterocycles. The lowest BCUT2D eigenvalue weighted by atomic mass is 10.0. The summed E-state index contributed by atoms with van der Waals surface area (Å²) < 4.78 is 0. The van der Waals surface area contributed by atoms with E-state index in [0.29, 0.717) is 5.75 Å². The van der Waals surface area contributed by atoms with E-state index < -0.39 is 0 Å². The average molecular weight is 280 g/mol. The average Bonchev–Trinajstić information content (AvgIpc) is 2.44. The van der Waals surface area contributed by atoms with Crippen LogP contribution in [0, 0.1) is 13.8 Å². The first kappa shape index (κ1) is 17.0. The number of nitrogens with one attached hydrogen (secondary N) is 1. The fourth-order valence-corrected chi connectivity index (χ4v) is 2.42. The van der Waals surface area contributed by atoms with Crippen LogP contribution in [0.5, 0.6) is 5.75 Å². The highest BCUT2D eigenvalue weighted by Gasteiger charge is 2.13. The summed E-state index contributed by atoms with van der Waals surface area (Å²) >= 11 is 0. The van der Waals surface area contributed by atoms with Crippen molar-refractivity contribution < 1.29 is 10.2 Å². The summed E-state index contributed by atoms with van der Waals surface area (Å²) in [5.74, 6) is 0.341. The van der Waals surface area contributed by atoms with E-state index >= 15 is 0 Å². The van der Waals surface area contributed by atoms with Gasteiger partial charge in [0.25, 0.3) is 0 Å². The normalized spacial score (nSPS) is 12.9. The van der Waals surface area contributed by atoms with Gasteiger partial charge in [0.05, 0.1) is 12.6 Å². The number of phenolic OH excluding ortho intramolecular Hbond substituents is 1. The number of aryl methyl sites for hydroxylation is 2. The van der Waals surface area contributed by atoms with Gasteiger partial charge in [-0.25, -0.2) is 0 Å². The summed E-state index contributed by atoms with van der Waals surface area (Å²) in [6.45, 7) is 12.0. The molecule has 3 N–H and O–H groups in total. The van der Waals surface area contributed by atoms with Crippen molar-refractivity contribution in [3.63, 3.8) is 0 Å². The van der Waals surface area contributed by atoms with Crippen LogP contribution in [-0.2, 0) is 0 Å². The van der Waals surface area contributed by atoms with Crippen molar-refractivity contribution in [3.05, 3.63) is 28.8 Å². The summed E-state index contributed by atoms with van der Waals surface area (Å²) in [4.78, 5) is 2.34. The second-order valence-electron chi connectivity index (χ2n) is 5.22. The van der Waals surface area contributed by atoms with Crippen LogP contribution in [0.25, 0.3) is 0 Å². The molecule has 0 saturated carbocycles. The van der Waals surface area contributed by atoms with E-state index in [0.717, 1.165) is 42.9 Å². The third-order valence-electron chi connectivity index (χ3n) is 3.81. The molecular formula is C16H28N2O2. The largest absolute Gasteiger partial charge is 0.507 e. The molecule has 114 valence electrons. The van der Waals surface area contributed by atoms with E-state index in [2.05, 4.69) is 24.1 Å². The van der Waals surface area contributed by atoms with Gasteiger partial charge in [0, 0.05) is 13.1 Å². The number of likely N-dealkylation sites (N-methyl/N-ethyl adjacent to an activating group) is 1. The molecule has 1 rings (SSSR count). The maximum atomic E-state index is 9.81. The zero-order valence-electron chi connectivity index (χ0n) is 13.1. The highest BCUT2D eigenvalue weighted by atomic mass is 16.3. The second kappa shape index (κ2) is 8.25. The van der Waals surface area contributed by atoms with Gasteiger partial charge in [-0.3, -0.25) is 0 Å². The number of aliphatic hydroxyl groups excluding tert-OH is 1. The lowest BCUT2D eigenvalue weighted by Gasteiger charge is -2.22. The number of hydrogen-bond acceptors (Lipinski definition) is 4. The van der Waals surface area contributed by atoms with Crippen LogP contribution in [0.2, 0.25) is 0 Å². The van der Waals surface area contributed by atoms with E-state index in [9.17, 15) is 10.2 Å². The monoisotopic (exact) mass is 280 g/mol. The summed E-state index contributed by atoms with van der Waals surface area (Å²) in [6.07, 6.45) is 0. The number of nitrogens with zero attached hydrogens (tertiary/aromatic N) is 1. The van der Waals surface area contributed by atoms with Crippen LogP contribution in [-0.4, -0.2) is 47.9 Å². The van der Waals surface area contributed by atoms with Gasteiger partial charge >= 0.3 is 0 Å². The number of hydrogen-bond donors (Lipinski definition) is 3. The Morgan fingerprint density at radius 2 is 1.70 bits per heavy atom. The highest BCUT2D eigenvalue weighted by molar-refractivity contribution is 5.43. The molecule has 0 aromatic heterocycles. The van der Waals surface area contributed by atoms with E-state index in [1.807, 2.05) is 26.0 Å².